The van der Waals surface area contributed by atoms with Crippen molar-refractivity contribution in [3.8, 4) is 16.9 Å². The van der Waals surface area contributed by atoms with Crippen molar-refractivity contribution in [2.24, 2.45) is 0 Å². The van der Waals surface area contributed by atoms with E-state index in [4.69, 9.17) is 4.74 Å². The van der Waals surface area contributed by atoms with Gasteiger partial charge in [-0.3, -0.25) is 9.78 Å². The molecule has 5 heteroatoms. The number of fused-ring (bicyclic) bond motifs is 1. The highest BCUT2D eigenvalue weighted by Crippen LogP contribution is 2.25. The second-order valence-electron chi connectivity index (χ2n) is 6.62. The maximum atomic E-state index is 11.3. The molecule has 0 radical (unpaired) electrons. The number of carbonyl (C=O) groups excluding carboxylic acids is 1. The third-order valence-corrected chi connectivity index (χ3v) is 4.58. The monoisotopic (exact) mass is 371 g/mol. The Balaban J connectivity index is 1.39. The van der Waals surface area contributed by atoms with Crippen LogP contribution < -0.4 is 10.1 Å². The number of carbonyl (C=O) groups is 1. The highest BCUT2D eigenvalue weighted by molar-refractivity contribution is 6.01. The molecule has 2 heterocycles. The van der Waals surface area contributed by atoms with Crippen molar-refractivity contribution in [1.82, 2.24) is 9.97 Å². The number of aromatic amines is 1. The van der Waals surface area contributed by atoms with Crippen LogP contribution in [0.3, 0.4) is 0 Å². The molecule has 28 heavy (non-hydrogen) atoms. The minimum atomic E-state index is -0.0788. The van der Waals surface area contributed by atoms with Gasteiger partial charge in [-0.1, -0.05) is 18.2 Å². The molecular weight excluding hydrogens is 350 g/mol. The summed E-state index contributed by atoms with van der Waals surface area (Å²) in [6.07, 6.45) is 6.18. The molecule has 0 bridgehead atoms. The first-order valence-electron chi connectivity index (χ1n) is 9.20. The van der Waals surface area contributed by atoms with Crippen molar-refractivity contribution < 1.29 is 9.53 Å². The van der Waals surface area contributed by atoms with Crippen LogP contribution in [-0.2, 0) is 11.2 Å². The van der Waals surface area contributed by atoms with Crippen LogP contribution in [0.15, 0.2) is 73.2 Å². The van der Waals surface area contributed by atoms with E-state index < -0.39 is 0 Å². The number of H-pyrrole nitrogens is 1. The minimum absolute atomic E-state index is 0.0788. The number of nitrogens with one attached hydrogen (secondary N) is 2. The molecular formula is C23H21N3O2. The third-order valence-electron chi connectivity index (χ3n) is 4.58. The van der Waals surface area contributed by atoms with Gasteiger partial charge in [-0.2, -0.15) is 0 Å². The second-order valence-corrected chi connectivity index (χ2v) is 6.62. The summed E-state index contributed by atoms with van der Waals surface area (Å²) in [4.78, 5) is 18.6. The van der Waals surface area contributed by atoms with Gasteiger partial charge in [0.25, 0.3) is 0 Å². The zero-order valence-electron chi connectivity index (χ0n) is 15.6. The van der Waals surface area contributed by atoms with Crippen molar-refractivity contribution >= 4 is 22.5 Å². The predicted molar refractivity (Wildman–Crippen MR) is 111 cm³/mol. The van der Waals surface area contributed by atoms with E-state index in [1.807, 2.05) is 36.5 Å². The third kappa shape index (κ3) is 4.04. The molecule has 5 nitrogen and oxygen atoms in total. The smallest absolute Gasteiger partial charge is 0.221 e. The van der Waals surface area contributed by atoms with Gasteiger partial charge in [-0.05, 0) is 53.1 Å². The summed E-state index contributed by atoms with van der Waals surface area (Å²) < 4.78 is 5.90. The number of nitrogens with zero attached hydrogens (tertiary/aromatic N) is 1. The SMILES string of the molecule is CC(=O)Nc1c[nH]c2ccc(CCOc3ccc(-c4ccncc4)cc3)cc12. The first-order valence-corrected chi connectivity index (χ1v) is 9.20. The van der Waals surface area contributed by atoms with Gasteiger partial charge in [0, 0.05) is 42.8 Å². The van der Waals surface area contributed by atoms with Crippen LogP contribution in [-0.4, -0.2) is 22.5 Å². The summed E-state index contributed by atoms with van der Waals surface area (Å²) in [6.45, 7) is 2.09. The number of benzene rings is 2. The Kier molecular flexibility index (Phi) is 5.06. The zero-order valence-corrected chi connectivity index (χ0v) is 15.6. The molecule has 1 amide bonds. The molecule has 0 spiro atoms. The number of amides is 1. The van der Waals surface area contributed by atoms with E-state index in [2.05, 4.69) is 39.6 Å². The molecule has 4 rings (SSSR count). The number of ether oxygens (including phenoxy) is 1. The van der Waals surface area contributed by atoms with E-state index in [1.165, 1.54) is 6.92 Å². The van der Waals surface area contributed by atoms with E-state index >= 15 is 0 Å². The van der Waals surface area contributed by atoms with Crippen molar-refractivity contribution in [2.45, 2.75) is 13.3 Å². The van der Waals surface area contributed by atoms with Crippen molar-refractivity contribution in [1.29, 1.82) is 0 Å². The molecule has 0 fully saturated rings. The van der Waals surface area contributed by atoms with Gasteiger partial charge in [0.2, 0.25) is 5.91 Å². The Hall–Kier alpha value is -3.60. The van der Waals surface area contributed by atoms with E-state index in [1.54, 1.807) is 12.4 Å². The molecule has 140 valence electrons. The fourth-order valence-electron chi connectivity index (χ4n) is 3.19. The van der Waals surface area contributed by atoms with Gasteiger partial charge in [-0.15, -0.1) is 0 Å². The molecule has 0 saturated carbocycles. The Morgan fingerprint density at radius 1 is 1.04 bits per heavy atom. The predicted octanol–water partition coefficient (Wildman–Crippen LogP) is 4.81. The lowest BCUT2D eigenvalue weighted by Gasteiger charge is -2.08. The highest BCUT2D eigenvalue weighted by Gasteiger charge is 2.06. The van der Waals surface area contributed by atoms with Crippen LogP contribution in [0.4, 0.5) is 5.69 Å². The van der Waals surface area contributed by atoms with Gasteiger partial charge in [0.05, 0.1) is 12.3 Å². The fourth-order valence-corrected chi connectivity index (χ4v) is 3.19. The Morgan fingerprint density at radius 2 is 1.79 bits per heavy atom. The molecule has 0 saturated heterocycles. The average Bonchev–Trinajstić information content (AvgIpc) is 3.11. The summed E-state index contributed by atoms with van der Waals surface area (Å²) in [6, 6.07) is 18.2. The number of aromatic nitrogens is 2. The number of rotatable bonds is 6. The number of hydrogen-bond acceptors (Lipinski definition) is 3. The van der Waals surface area contributed by atoms with Gasteiger partial charge in [0.1, 0.15) is 5.75 Å². The highest BCUT2D eigenvalue weighted by atomic mass is 16.5. The summed E-state index contributed by atoms with van der Waals surface area (Å²) in [7, 11) is 0. The molecule has 0 atom stereocenters. The summed E-state index contributed by atoms with van der Waals surface area (Å²) in [5.41, 5.74) is 5.23. The van der Waals surface area contributed by atoms with Crippen LogP contribution >= 0.6 is 0 Å². The van der Waals surface area contributed by atoms with E-state index in [0.29, 0.717) is 6.61 Å². The Labute approximate surface area is 163 Å². The van der Waals surface area contributed by atoms with Crippen LogP contribution in [0.5, 0.6) is 5.75 Å². The first kappa shape index (κ1) is 17.8. The topological polar surface area (TPSA) is 67.0 Å². The molecule has 0 aliphatic heterocycles. The largest absolute Gasteiger partial charge is 0.493 e. The lowest BCUT2D eigenvalue weighted by atomic mass is 10.1. The van der Waals surface area contributed by atoms with E-state index in [-0.39, 0.29) is 5.91 Å². The molecule has 2 aromatic carbocycles. The lowest BCUT2D eigenvalue weighted by Crippen LogP contribution is -2.05. The summed E-state index contributed by atoms with van der Waals surface area (Å²) in [5.74, 6) is 0.768. The Morgan fingerprint density at radius 3 is 2.54 bits per heavy atom. The molecule has 0 aliphatic rings. The van der Waals surface area contributed by atoms with Crippen molar-refractivity contribution in [3.05, 3.63) is 78.8 Å². The molecule has 0 aliphatic carbocycles. The molecule has 0 unspecified atom stereocenters. The molecule has 2 N–H and O–H groups in total. The van der Waals surface area contributed by atoms with E-state index in [9.17, 15) is 4.79 Å². The standard InChI is InChI=1S/C23H21N3O2/c1-16(27)26-23-15-25-22-7-2-17(14-21(22)23)10-13-28-20-5-3-18(4-6-20)19-8-11-24-12-9-19/h2-9,11-12,14-15,25H,10,13H2,1H3,(H,26,27). The van der Waals surface area contributed by atoms with Crippen LogP contribution in [0.25, 0.3) is 22.0 Å². The number of hydrogen-bond donors (Lipinski definition) is 2. The summed E-state index contributed by atoms with van der Waals surface area (Å²) >= 11 is 0. The van der Waals surface area contributed by atoms with Crippen molar-refractivity contribution in [3.63, 3.8) is 0 Å². The quantitative estimate of drug-likeness (QED) is 0.511. The summed E-state index contributed by atoms with van der Waals surface area (Å²) in [5, 5.41) is 3.86. The van der Waals surface area contributed by atoms with Gasteiger partial charge < -0.3 is 15.0 Å². The lowest BCUT2D eigenvalue weighted by molar-refractivity contribution is -0.114. The normalized spacial score (nSPS) is 10.8. The minimum Gasteiger partial charge on any atom is -0.493 e. The van der Waals surface area contributed by atoms with Gasteiger partial charge in [-0.25, -0.2) is 0 Å². The maximum Gasteiger partial charge on any atom is 0.221 e. The second kappa shape index (κ2) is 7.96. The first-order chi connectivity index (χ1) is 13.7. The van der Waals surface area contributed by atoms with E-state index in [0.717, 1.165) is 45.5 Å². The number of anilines is 1. The fraction of sp³-hybridized carbons (Fsp3) is 0.130. The van der Waals surface area contributed by atoms with Gasteiger partial charge in [0.15, 0.2) is 0 Å². The Bertz CT molecular complexity index is 1090. The molecule has 2 aromatic heterocycles. The molecule has 4 aromatic rings. The van der Waals surface area contributed by atoms with Crippen LogP contribution in [0, 0.1) is 0 Å². The number of pyridine rings is 1. The zero-order chi connectivity index (χ0) is 19.3. The van der Waals surface area contributed by atoms with Gasteiger partial charge >= 0.3 is 0 Å². The van der Waals surface area contributed by atoms with Crippen molar-refractivity contribution in [2.75, 3.05) is 11.9 Å². The van der Waals surface area contributed by atoms with Crippen LogP contribution in [0.2, 0.25) is 0 Å². The maximum absolute atomic E-state index is 11.3. The average molecular weight is 371 g/mol. The van der Waals surface area contributed by atoms with Crippen LogP contribution in [0.1, 0.15) is 12.5 Å².